The van der Waals surface area contributed by atoms with Gasteiger partial charge in [0.25, 0.3) is 0 Å². The lowest BCUT2D eigenvalue weighted by Crippen LogP contribution is -1.95. The van der Waals surface area contributed by atoms with Crippen LogP contribution in [0.25, 0.3) is 0 Å². The maximum absolute atomic E-state index is 13.1. The van der Waals surface area contributed by atoms with Crippen LogP contribution in [0.2, 0.25) is 0 Å². The maximum Gasteiger partial charge on any atom is 0.146 e. The molecule has 0 atom stereocenters. The lowest BCUT2D eigenvalue weighted by Gasteiger charge is -2.02. The third-order valence-electron chi connectivity index (χ3n) is 2.18. The van der Waals surface area contributed by atoms with Gasteiger partial charge in [-0.05, 0) is 29.8 Å². The standard InChI is InChI=1S/C12H11FN2/c13-11-8-9(4-5-12(11)14)7-10-3-1-2-6-15-10/h1-6,8H,7,14H2. The molecule has 1 heterocycles. The van der Waals surface area contributed by atoms with Crippen LogP contribution in [0, 0.1) is 5.82 Å². The maximum atomic E-state index is 13.1. The average Bonchev–Trinajstić information content (AvgIpc) is 2.25. The molecule has 0 aliphatic rings. The Kier molecular flexibility index (Phi) is 2.63. The predicted molar refractivity (Wildman–Crippen MR) is 57.9 cm³/mol. The van der Waals surface area contributed by atoms with E-state index in [1.54, 1.807) is 12.3 Å². The molecule has 1 aromatic carbocycles. The summed E-state index contributed by atoms with van der Waals surface area (Å²) in [6, 6.07) is 10.5. The first-order valence-electron chi connectivity index (χ1n) is 4.69. The van der Waals surface area contributed by atoms with Gasteiger partial charge in [0, 0.05) is 18.3 Å². The van der Waals surface area contributed by atoms with Crippen LogP contribution in [0.5, 0.6) is 0 Å². The van der Waals surface area contributed by atoms with Crippen LogP contribution in [0.15, 0.2) is 42.6 Å². The fourth-order valence-corrected chi connectivity index (χ4v) is 1.39. The van der Waals surface area contributed by atoms with Gasteiger partial charge in [-0.15, -0.1) is 0 Å². The molecular formula is C12H11FN2. The summed E-state index contributed by atoms with van der Waals surface area (Å²) in [5.74, 6) is -0.372. The minimum Gasteiger partial charge on any atom is -0.396 e. The zero-order chi connectivity index (χ0) is 10.7. The van der Waals surface area contributed by atoms with E-state index in [0.29, 0.717) is 6.42 Å². The molecule has 0 unspecified atom stereocenters. The van der Waals surface area contributed by atoms with Crippen LogP contribution in [0.3, 0.4) is 0 Å². The van der Waals surface area contributed by atoms with E-state index in [4.69, 9.17) is 5.73 Å². The van der Waals surface area contributed by atoms with E-state index in [1.165, 1.54) is 6.07 Å². The van der Waals surface area contributed by atoms with Crippen molar-refractivity contribution in [2.45, 2.75) is 6.42 Å². The largest absolute Gasteiger partial charge is 0.396 e. The quantitative estimate of drug-likeness (QED) is 0.759. The third kappa shape index (κ3) is 2.31. The highest BCUT2D eigenvalue weighted by molar-refractivity contribution is 5.42. The first-order chi connectivity index (χ1) is 7.25. The zero-order valence-corrected chi connectivity index (χ0v) is 8.15. The van der Waals surface area contributed by atoms with Gasteiger partial charge in [-0.2, -0.15) is 0 Å². The van der Waals surface area contributed by atoms with Crippen molar-refractivity contribution in [3.8, 4) is 0 Å². The highest BCUT2D eigenvalue weighted by atomic mass is 19.1. The lowest BCUT2D eigenvalue weighted by molar-refractivity contribution is 0.630. The molecule has 2 nitrogen and oxygen atoms in total. The molecule has 0 aliphatic heterocycles. The summed E-state index contributed by atoms with van der Waals surface area (Å²) >= 11 is 0. The van der Waals surface area contributed by atoms with Gasteiger partial charge in [0.15, 0.2) is 0 Å². The number of halogens is 1. The van der Waals surface area contributed by atoms with Gasteiger partial charge in [-0.1, -0.05) is 12.1 Å². The Hall–Kier alpha value is -1.90. The SMILES string of the molecule is Nc1ccc(Cc2ccccn2)cc1F. The Morgan fingerprint density at radius 2 is 2.07 bits per heavy atom. The normalized spacial score (nSPS) is 10.2. The Bertz CT molecular complexity index is 454. The monoisotopic (exact) mass is 202 g/mol. The number of benzene rings is 1. The number of hydrogen-bond donors (Lipinski definition) is 1. The van der Waals surface area contributed by atoms with Crippen molar-refractivity contribution in [3.05, 3.63) is 59.7 Å². The summed E-state index contributed by atoms with van der Waals surface area (Å²) in [4.78, 5) is 4.17. The molecule has 0 radical (unpaired) electrons. The molecule has 0 saturated carbocycles. The fourth-order valence-electron chi connectivity index (χ4n) is 1.39. The Balaban J connectivity index is 2.22. The molecule has 0 fully saturated rings. The van der Waals surface area contributed by atoms with E-state index in [0.717, 1.165) is 11.3 Å². The van der Waals surface area contributed by atoms with Crippen LogP contribution >= 0.6 is 0 Å². The summed E-state index contributed by atoms with van der Waals surface area (Å²) in [5, 5.41) is 0. The number of nitrogens with zero attached hydrogens (tertiary/aromatic N) is 1. The summed E-state index contributed by atoms with van der Waals surface area (Å²) in [5.41, 5.74) is 7.37. The second kappa shape index (κ2) is 4.09. The summed E-state index contributed by atoms with van der Waals surface area (Å²) in [7, 11) is 0. The van der Waals surface area contributed by atoms with E-state index in [1.807, 2.05) is 24.3 Å². The van der Waals surface area contributed by atoms with E-state index in [2.05, 4.69) is 4.98 Å². The molecule has 76 valence electrons. The molecule has 0 aliphatic carbocycles. The fraction of sp³-hybridized carbons (Fsp3) is 0.0833. The van der Waals surface area contributed by atoms with Crippen molar-refractivity contribution in [2.75, 3.05) is 5.73 Å². The van der Waals surface area contributed by atoms with E-state index in [-0.39, 0.29) is 11.5 Å². The first kappa shape index (κ1) is 9.65. The molecule has 2 N–H and O–H groups in total. The van der Waals surface area contributed by atoms with E-state index < -0.39 is 0 Å². The highest BCUT2D eigenvalue weighted by Gasteiger charge is 2.01. The number of anilines is 1. The van der Waals surface area contributed by atoms with Crippen LogP contribution in [-0.4, -0.2) is 4.98 Å². The van der Waals surface area contributed by atoms with Crippen LogP contribution < -0.4 is 5.73 Å². The molecule has 15 heavy (non-hydrogen) atoms. The molecule has 2 aromatic rings. The second-order valence-corrected chi connectivity index (χ2v) is 3.35. The summed E-state index contributed by atoms with van der Waals surface area (Å²) in [6.45, 7) is 0. The average molecular weight is 202 g/mol. The van der Waals surface area contributed by atoms with E-state index >= 15 is 0 Å². The second-order valence-electron chi connectivity index (χ2n) is 3.35. The molecular weight excluding hydrogens is 191 g/mol. The predicted octanol–water partition coefficient (Wildman–Crippen LogP) is 2.39. The van der Waals surface area contributed by atoms with E-state index in [9.17, 15) is 4.39 Å². The molecule has 2 rings (SSSR count). The Morgan fingerprint density at radius 3 is 2.73 bits per heavy atom. The van der Waals surface area contributed by atoms with Crippen molar-refractivity contribution < 1.29 is 4.39 Å². The number of aromatic nitrogens is 1. The minimum absolute atomic E-state index is 0.180. The van der Waals surface area contributed by atoms with Crippen LogP contribution in [0.4, 0.5) is 10.1 Å². The van der Waals surface area contributed by atoms with Gasteiger partial charge in [0.2, 0.25) is 0 Å². The van der Waals surface area contributed by atoms with Gasteiger partial charge < -0.3 is 5.73 Å². The van der Waals surface area contributed by atoms with Gasteiger partial charge in [-0.25, -0.2) is 4.39 Å². The highest BCUT2D eigenvalue weighted by Crippen LogP contribution is 2.14. The zero-order valence-electron chi connectivity index (χ0n) is 8.15. The molecule has 3 heteroatoms. The van der Waals surface area contributed by atoms with Crippen molar-refractivity contribution in [1.82, 2.24) is 4.98 Å². The number of nitrogens with two attached hydrogens (primary N) is 1. The molecule has 0 bridgehead atoms. The van der Waals surface area contributed by atoms with Gasteiger partial charge in [0.1, 0.15) is 5.82 Å². The van der Waals surface area contributed by atoms with Crippen LogP contribution in [-0.2, 0) is 6.42 Å². The van der Waals surface area contributed by atoms with Crippen LogP contribution in [0.1, 0.15) is 11.3 Å². The van der Waals surface area contributed by atoms with Gasteiger partial charge in [-0.3, -0.25) is 4.98 Å². The van der Waals surface area contributed by atoms with Crippen molar-refractivity contribution in [2.24, 2.45) is 0 Å². The Labute approximate surface area is 87.6 Å². The Morgan fingerprint density at radius 1 is 1.20 bits per heavy atom. The van der Waals surface area contributed by atoms with Gasteiger partial charge >= 0.3 is 0 Å². The van der Waals surface area contributed by atoms with Crippen molar-refractivity contribution >= 4 is 5.69 Å². The topological polar surface area (TPSA) is 38.9 Å². The molecule has 0 spiro atoms. The van der Waals surface area contributed by atoms with Crippen molar-refractivity contribution in [1.29, 1.82) is 0 Å². The number of pyridine rings is 1. The minimum atomic E-state index is -0.372. The summed E-state index contributed by atoms with van der Waals surface area (Å²) < 4.78 is 13.1. The molecule has 0 saturated heterocycles. The van der Waals surface area contributed by atoms with Gasteiger partial charge in [0.05, 0.1) is 5.69 Å². The molecule has 0 amide bonds. The smallest absolute Gasteiger partial charge is 0.146 e. The number of rotatable bonds is 2. The number of hydrogen-bond acceptors (Lipinski definition) is 2. The summed E-state index contributed by atoms with van der Waals surface area (Å²) in [6.07, 6.45) is 2.35. The lowest BCUT2D eigenvalue weighted by atomic mass is 10.1. The third-order valence-corrected chi connectivity index (χ3v) is 2.18. The number of nitrogen functional groups attached to an aromatic ring is 1. The first-order valence-corrected chi connectivity index (χ1v) is 4.69. The van der Waals surface area contributed by atoms with Crippen molar-refractivity contribution in [3.63, 3.8) is 0 Å². The molecule has 1 aromatic heterocycles.